The van der Waals surface area contributed by atoms with E-state index in [1.807, 2.05) is 18.7 Å². The molecule has 0 aromatic carbocycles. The van der Waals surface area contributed by atoms with E-state index >= 15 is 0 Å². The number of hydrogen-bond donors (Lipinski definition) is 1. The summed E-state index contributed by atoms with van der Waals surface area (Å²) in [5, 5.41) is 8.49. The lowest BCUT2D eigenvalue weighted by Crippen LogP contribution is -2.17. The molecule has 0 saturated carbocycles. The number of unbranched alkanes of at least 4 members (excludes halogenated alkanes) is 3. The van der Waals surface area contributed by atoms with E-state index in [1.165, 1.54) is 25.7 Å². The summed E-state index contributed by atoms with van der Waals surface area (Å²) in [5.41, 5.74) is 1.99. The Morgan fingerprint density at radius 2 is 2.06 bits per heavy atom. The van der Waals surface area contributed by atoms with Gasteiger partial charge in [-0.05, 0) is 19.9 Å². The molecule has 16 heavy (non-hydrogen) atoms. The van der Waals surface area contributed by atoms with E-state index in [-0.39, 0.29) is 0 Å². The average Bonchev–Trinajstić information content (AvgIpc) is 2.49. The van der Waals surface area contributed by atoms with Crippen LogP contribution in [0.1, 0.15) is 44.0 Å². The van der Waals surface area contributed by atoms with Crippen LogP contribution in [-0.2, 0) is 13.6 Å². The number of halogens is 1. The van der Waals surface area contributed by atoms with Crippen LogP contribution in [0.2, 0.25) is 5.02 Å². The Hall–Kier alpha value is -0.540. The molecule has 4 heteroatoms. The van der Waals surface area contributed by atoms with Crippen molar-refractivity contribution in [1.82, 2.24) is 15.1 Å². The van der Waals surface area contributed by atoms with Crippen molar-refractivity contribution in [2.75, 3.05) is 6.54 Å². The average molecular weight is 244 g/mol. The van der Waals surface area contributed by atoms with Crippen LogP contribution in [0.5, 0.6) is 0 Å². The highest BCUT2D eigenvalue weighted by Crippen LogP contribution is 2.18. The minimum atomic E-state index is 0.795. The highest BCUT2D eigenvalue weighted by Gasteiger charge is 2.09. The van der Waals surface area contributed by atoms with Crippen molar-refractivity contribution in [1.29, 1.82) is 0 Å². The molecule has 0 fully saturated rings. The van der Waals surface area contributed by atoms with Crippen molar-refractivity contribution in [2.45, 2.75) is 46.1 Å². The number of aromatic nitrogens is 2. The predicted molar refractivity (Wildman–Crippen MR) is 68.8 cm³/mol. The molecule has 1 rings (SSSR count). The van der Waals surface area contributed by atoms with Crippen molar-refractivity contribution in [3.8, 4) is 0 Å². The van der Waals surface area contributed by atoms with Gasteiger partial charge in [0.15, 0.2) is 0 Å². The zero-order valence-corrected chi connectivity index (χ0v) is 11.3. The fourth-order valence-corrected chi connectivity index (χ4v) is 1.98. The Balaban J connectivity index is 2.26. The first-order chi connectivity index (χ1) is 7.66. The lowest BCUT2D eigenvalue weighted by molar-refractivity contribution is 0.577. The molecule has 0 atom stereocenters. The van der Waals surface area contributed by atoms with Gasteiger partial charge in [-0.25, -0.2) is 0 Å². The van der Waals surface area contributed by atoms with Crippen LogP contribution in [-0.4, -0.2) is 16.3 Å². The lowest BCUT2D eigenvalue weighted by atomic mass is 10.2. The van der Waals surface area contributed by atoms with Crippen molar-refractivity contribution in [3.05, 3.63) is 16.4 Å². The van der Waals surface area contributed by atoms with E-state index < -0.39 is 0 Å². The first-order valence-electron chi connectivity index (χ1n) is 6.05. The van der Waals surface area contributed by atoms with Gasteiger partial charge in [0.1, 0.15) is 0 Å². The molecule has 0 amide bonds. The SMILES string of the molecule is CCCCCCNCc1c(Cl)c(C)nn1C. The summed E-state index contributed by atoms with van der Waals surface area (Å²) < 4.78 is 1.86. The summed E-state index contributed by atoms with van der Waals surface area (Å²) in [5.74, 6) is 0. The normalized spacial score (nSPS) is 11.0. The number of aryl methyl sites for hydroxylation is 2. The number of nitrogens with zero attached hydrogens (tertiary/aromatic N) is 2. The van der Waals surface area contributed by atoms with Gasteiger partial charge < -0.3 is 5.32 Å². The second-order valence-electron chi connectivity index (χ2n) is 4.21. The molecule has 1 aromatic heterocycles. The molecule has 0 unspecified atom stereocenters. The van der Waals surface area contributed by atoms with Crippen LogP contribution >= 0.6 is 11.6 Å². The van der Waals surface area contributed by atoms with E-state index in [2.05, 4.69) is 17.3 Å². The van der Waals surface area contributed by atoms with E-state index in [0.29, 0.717) is 0 Å². The van der Waals surface area contributed by atoms with Crippen LogP contribution in [0.3, 0.4) is 0 Å². The third kappa shape index (κ3) is 3.80. The Labute approximate surface area is 103 Å². The van der Waals surface area contributed by atoms with Gasteiger partial charge in [-0.15, -0.1) is 0 Å². The van der Waals surface area contributed by atoms with Crippen molar-refractivity contribution < 1.29 is 0 Å². The number of rotatable bonds is 7. The zero-order chi connectivity index (χ0) is 12.0. The molecule has 92 valence electrons. The van der Waals surface area contributed by atoms with E-state index in [4.69, 9.17) is 11.6 Å². The number of nitrogens with one attached hydrogen (secondary N) is 1. The molecule has 0 bridgehead atoms. The van der Waals surface area contributed by atoms with Gasteiger partial charge in [0.05, 0.1) is 16.4 Å². The molecule has 0 saturated heterocycles. The molecule has 0 spiro atoms. The van der Waals surface area contributed by atoms with Gasteiger partial charge in [0.2, 0.25) is 0 Å². The Bertz CT molecular complexity index is 320. The molecule has 3 nitrogen and oxygen atoms in total. The van der Waals surface area contributed by atoms with Gasteiger partial charge in [0.25, 0.3) is 0 Å². The first kappa shape index (κ1) is 13.5. The third-order valence-electron chi connectivity index (χ3n) is 2.76. The molecule has 1 heterocycles. The summed E-state index contributed by atoms with van der Waals surface area (Å²) in [6, 6.07) is 0. The van der Waals surface area contributed by atoms with E-state index in [1.54, 1.807) is 0 Å². The molecule has 1 aromatic rings. The second-order valence-corrected chi connectivity index (χ2v) is 4.59. The third-order valence-corrected chi connectivity index (χ3v) is 3.25. The summed E-state index contributed by atoms with van der Waals surface area (Å²) in [4.78, 5) is 0. The minimum Gasteiger partial charge on any atom is -0.311 e. The van der Waals surface area contributed by atoms with Crippen LogP contribution in [0.25, 0.3) is 0 Å². The molecule has 1 N–H and O–H groups in total. The highest BCUT2D eigenvalue weighted by molar-refractivity contribution is 6.31. The van der Waals surface area contributed by atoms with Gasteiger partial charge in [-0.3, -0.25) is 4.68 Å². The maximum atomic E-state index is 6.15. The van der Waals surface area contributed by atoms with Crippen LogP contribution in [0.15, 0.2) is 0 Å². The smallest absolute Gasteiger partial charge is 0.0860 e. The zero-order valence-electron chi connectivity index (χ0n) is 10.5. The molecular weight excluding hydrogens is 222 g/mol. The van der Waals surface area contributed by atoms with Gasteiger partial charge in [0, 0.05) is 13.6 Å². The Kier molecular flexibility index (Phi) is 5.85. The van der Waals surface area contributed by atoms with Gasteiger partial charge in [-0.2, -0.15) is 5.10 Å². The molecule has 0 aliphatic rings. The first-order valence-corrected chi connectivity index (χ1v) is 6.43. The summed E-state index contributed by atoms with van der Waals surface area (Å²) in [6.07, 6.45) is 5.16. The summed E-state index contributed by atoms with van der Waals surface area (Å²) in [6.45, 7) is 6.03. The fourth-order valence-electron chi connectivity index (χ4n) is 1.76. The van der Waals surface area contributed by atoms with E-state index in [0.717, 1.165) is 29.5 Å². The second kappa shape index (κ2) is 6.92. The molecule has 0 radical (unpaired) electrons. The number of hydrogen-bond acceptors (Lipinski definition) is 2. The highest BCUT2D eigenvalue weighted by atomic mass is 35.5. The quantitative estimate of drug-likeness (QED) is 0.746. The van der Waals surface area contributed by atoms with Gasteiger partial charge in [-0.1, -0.05) is 37.8 Å². The minimum absolute atomic E-state index is 0.795. The topological polar surface area (TPSA) is 29.9 Å². The van der Waals surface area contributed by atoms with Crippen LogP contribution in [0.4, 0.5) is 0 Å². The Morgan fingerprint density at radius 1 is 1.31 bits per heavy atom. The predicted octanol–water partition coefficient (Wildman–Crippen LogP) is 3.05. The Morgan fingerprint density at radius 3 is 2.62 bits per heavy atom. The van der Waals surface area contributed by atoms with Gasteiger partial charge >= 0.3 is 0 Å². The summed E-state index contributed by atoms with van der Waals surface area (Å²) in [7, 11) is 1.94. The van der Waals surface area contributed by atoms with E-state index in [9.17, 15) is 0 Å². The monoisotopic (exact) mass is 243 g/mol. The van der Waals surface area contributed by atoms with Crippen molar-refractivity contribution in [3.63, 3.8) is 0 Å². The molecule has 0 aliphatic heterocycles. The molecule has 0 aliphatic carbocycles. The largest absolute Gasteiger partial charge is 0.311 e. The maximum absolute atomic E-state index is 6.15. The molecular formula is C12H22ClN3. The standard InChI is InChI=1S/C12H22ClN3/c1-4-5-6-7-8-14-9-11-12(13)10(2)15-16(11)3/h14H,4-9H2,1-3H3. The van der Waals surface area contributed by atoms with Crippen LogP contribution < -0.4 is 5.32 Å². The van der Waals surface area contributed by atoms with Crippen molar-refractivity contribution >= 4 is 11.6 Å². The lowest BCUT2D eigenvalue weighted by Gasteiger charge is -2.05. The van der Waals surface area contributed by atoms with Crippen LogP contribution in [0, 0.1) is 6.92 Å². The maximum Gasteiger partial charge on any atom is 0.0860 e. The summed E-state index contributed by atoms with van der Waals surface area (Å²) >= 11 is 6.15. The fraction of sp³-hybridized carbons (Fsp3) is 0.750. The van der Waals surface area contributed by atoms with Crippen molar-refractivity contribution in [2.24, 2.45) is 7.05 Å².